The fourth-order valence-corrected chi connectivity index (χ4v) is 2.10. The summed E-state index contributed by atoms with van der Waals surface area (Å²) in [6, 6.07) is 4.81. The Kier molecular flexibility index (Phi) is 3.05. The van der Waals surface area contributed by atoms with E-state index < -0.39 is 18.1 Å². The Labute approximate surface area is 93.9 Å². The van der Waals surface area contributed by atoms with Gasteiger partial charge >= 0.3 is 0 Å². The first kappa shape index (κ1) is 10.9. The van der Waals surface area contributed by atoms with Gasteiger partial charge in [-0.15, -0.1) is 0 Å². The van der Waals surface area contributed by atoms with E-state index in [9.17, 15) is 9.90 Å². The monoisotopic (exact) mass is 221 g/mol. The molecule has 1 amide bonds. The van der Waals surface area contributed by atoms with Crippen LogP contribution in [0.5, 0.6) is 0 Å². The third kappa shape index (κ3) is 1.99. The van der Waals surface area contributed by atoms with Gasteiger partial charge in [0.2, 0.25) is 5.91 Å². The normalized spacial score (nSPS) is 25.4. The number of carbonyl (C=O) groups excluding carboxylic acids is 1. The molecule has 0 aliphatic carbocycles. The Bertz CT molecular complexity index is 369. The third-order valence-corrected chi connectivity index (χ3v) is 2.83. The molecule has 86 valence electrons. The van der Waals surface area contributed by atoms with Gasteiger partial charge in [-0.25, -0.2) is 4.98 Å². The lowest BCUT2D eigenvalue weighted by Gasteiger charge is -2.37. The van der Waals surface area contributed by atoms with Gasteiger partial charge in [0.15, 0.2) is 0 Å². The summed E-state index contributed by atoms with van der Waals surface area (Å²) in [6.45, 7) is 0.696. The fourth-order valence-electron chi connectivity index (χ4n) is 2.10. The molecule has 0 aromatic carbocycles. The number of hydrogen-bond acceptors (Lipinski definition) is 4. The van der Waals surface area contributed by atoms with E-state index in [1.807, 2.05) is 18.2 Å². The first-order valence-corrected chi connectivity index (χ1v) is 5.35. The van der Waals surface area contributed by atoms with Crippen LogP contribution >= 0.6 is 0 Å². The summed E-state index contributed by atoms with van der Waals surface area (Å²) in [5, 5.41) is 9.80. The predicted molar refractivity (Wildman–Crippen MR) is 59.8 cm³/mol. The number of anilines is 1. The van der Waals surface area contributed by atoms with Gasteiger partial charge in [-0.3, -0.25) is 4.79 Å². The maximum atomic E-state index is 11.3. The van der Waals surface area contributed by atoms with Crippen molar-refractivity contribution in [3.05, 3.63) is 24.4 Å². The molecule has 5 heteroatoms. The van der Waals surface area contributed by atoms with E-state index >= 15 is 0 Å². The van der Waals surface area contributed by atoms with Crippen LogP contribution in [0.25, 0.3) is 0 Å². The van der Waals surface area contributed by atoms with E-state index in [1.165, 1.54) is 0 Å². The summed E-state index contributed by atoms with van der Waals surface area (Å²) in [5.74, 6) is 0.183. The van der Waals surface area contributed by atoms with Crippen LogP contribution in [0.4, 0.5) is 5.82 Å². The van der Waals surface area contributed by atoms with E-state index in [2.05, 4.69) is 4.98 Å². The molecule has 1 aliphatic rings. The number of nitrogens with two attached hydrogens (primary N) is 1. The molecule has 0 spiro atoms. The van der Waals surface area contributed by atoms with Crippen LogP contribution in [-0.4, -0.2) is 34.7 Å². The Hall–Kier alpha value is -1.62. The zero-order chi connectivity index (χ0) is 11.5. The average Bonchev–Trinajstić information content (AvgIpc) is 2.29. The molecule has 2 unspecified atom stereocenters. The molecule has 2 rings (SSSR count). The van der Waals surface area contributed by atoms with Crippen LogP contribution < -0.4 is 10.6 Å². The first-order valence-electron chi connectivity index (χ1n) is 5.35. The molecule has 0 saturated carbocycles. The van der Waals surface area contributed by atoms with Gasteiger partial charge in [0.05, 0.1) is 6.10 Å². The second kappa shape index (κ2) is 4.49. The number of aromatic nitrogens is 1. The van der Waals surface area contributed by atoms with E-state index in [4.69, 9.17) is 5.73 Å². The summed E-state index contributed by atoms with van der Waals surface area (Å²) in [4.78, 5) is 17.3. The number of carbonyl (C=O) groups is 1. The van der Waals surface area contributed by atoms with Crippen LogP contribution in [0.2, 0.25) is 0 Å². The molecule has 1 aliphatic heterocycles. The van der Waals surface area contributed by atoms with Gasteiger partial charge in [0.25, 0.3) is 0 Å². The predicted octanol–water partition coefficient (Wildman–Crippen LogP) is -0.103. The number of rotatable bonds is 2. The van der Waals surface area contributed by atoms with E-state index in [-0.39, 0.29) is 0 Å². The highest BCUT2D eigenvalue weighted by atomic mass is 16.3. The highest BCUT2D eigenvalue weighted by Gasteiger charge is 2.34. The Balaban J connectivity index is 2.27. The van der Waals surface area contributed by atoms with Crippen molar-refractivity contribution in [1.82, 2.24) is 4.98 Å². The number of aliphatic hydroxyl groups excluding tert-OH is 1. The van der Waals surface area contributed by atoms with Crippen molar-refractivity contribution in [2.24, 2.45) is 5.73 Å². The first-order chi connectivity index (χ1) is 7.70. The number of nitrogens with zero attached hydrogens (tertiary/aromatic N) is 2. The van der Waals surface area contributed by atoms with E-state index in [0.29, 0.717) is 18.8 Å². The standard InChI is InChI=1S/C11H15N3O2/c12-11(16)10-8(15)4-3-7-14(10)9-5-1-2-6-13-9/h1-2,5-6,8,10,15H,3-4,7H2,(H2,12,16). The van der Waals surface area contributed by atoms with Crippen molar-refractivity contribution in [2.75, 3.05) is 11.4 Å². The number of hydrogen-bond donors (Lipinski definition) is 2. The molecule has 3 N–H and O–H groups in total. The maximum Gasteiger partial charge on any atom is 0.242 e. The van der Waals surface area contributed by atoms with Gasteiger partial charge in [-0.05, 0) is 25.0 Å². The number of pyridine rings is 1. The minimum atomic E-state index is -0.701. The molecule has 1 aromatic rings. The lowest BCUT2D eigenvalue weighted by atomic mass is 9.98. The fraction of sp³-hybridized carbons (Fsp3) is 0.455. The number of aliphatic hydroxyl groups is 1. The minimum Gasteiger partial charge on any atom is -0.390 e. The van der Waals surface area contributed by atoms with Crippen molar-refractivity contribution in [3.63, 3.8) is 0 Å². The van der Waals surface area contributed by atoms with Gasteiger partial charge < -0.3 is 15.7 Å². The molecule has 2 atom stereocenters. The quantitative estimate of drug-likeness (QED) is 0.730. The molecule has 16 heavy (non-hydrogen) atoms. The Morgan fingerprint density at radius 3 is 3.00 bits per heavy atom. The lowest BCUT2D eigenvalue weighted by Crippen LogP contribution is -2.55. The number of primary amides is 1. The highest BCUT2D eigenvalue weighted by Crippen LogP contribution is 2.22. The molecule has 2 heterocycles. The highest BCUT2D eigenvalue weighted by molar-refractivity contribution is 5.84. The number of amides is 1. The minimum absolute atomic E-state index is 0.502. The van der Waals surface area contributed by atoms with Crippen molar-refractivity contribution >= 4 is 11.7 Å². The second-order valence-corrected chi connectivity index (χ2v) is 3.94. The zero-order valence-corrected chi connectivity index (χ0v) is 8.91. The summed E-state index contributed by atoms with van der Waals surface area (Å²) in [7, 11) is 0. The van der Waals surface area contributed by atoms with E-state index in [0.717, 1.165) is 6.42 Å². The smallest absolute Gasteiger partial charge is 0.242 e. The summed E-state index contributed by atoms with van der Waals surface area (Å²) in [5.41, 5.74) is 5.32. The molecule has 1 saturated heterocycles. The SMILES string of the molecule is NC(=O)C1C(O)CCCN1c1ccccn1. The Morgan fingerprint density at radius 2 is 2.38 bits per heavy atom. The molecule has 5 nitrogen and oxygen atoms in total. The lowest BCUT2D eigenvalue weighted by molar-refractivity contribution is -0.122. The van der Waals surface area contributed by atoms with Crippen LogP contribution in [0.3, 0.4) is 0 Å². The maximum absolute atomic E-state index is 11.3. The van der Waals surface area contributed by atoms with Crippen molar-refractivity contribution in [3.8, 4) is 0 Å². The van der Waals surface area contributed by atoms with Crippen LogP contribution in [0.15, 0.2) is 24.4 Å². The largest absolute Gasteiger partial charge is 0.390 e. The van der Waals surface area contributed by atoms with Crippen molar-refractivity contribution in [2.45, 2.75) is 25.0 Å². The van der Waals surface area contributed by atoms with Gasteiger partial charge in [-0.2, -0.15) is 0 Å². The molecule has 1 fully saturated rings. The number of piperidine rings is 1. The molecular weight excluding hydrogens is 206 g/mol. The molecule has 0 bridgehead atoms. The van der Waals surface area contributed by atoms with Crippen molar-refractivity contribution < 1.29 is 9.90 Å². The third-order valence-electron chi connectivity index (χ3n) is 2.83. The van der Waals surface area contributed by atoms with E-state index in [1.54, 1.807) is 11.1 Å². The van der Waals surface area contributed by atoms with Gasteiger partial charge in [-0.1, -0.05) is 6.07 Å². The van der Waals surface area contributed by atoms with Crippen LogP contribution in [-0.2, 0) is 4.79 Å². The second-order valence-electron chi connectivity index (χ2n) is 3.94. The molecule has 1 aromatic heterocycles. The zero-order valence-electron chi connectivity index (χ0n) is 8.91. The van der Waals surface area contributed by atoms with Crippen LogP contribution in [0.1, 0.15) is 12.8 Å². The molecular formula is C11H15N3O2. The summed E-state index contributed by atoms with van der Waals surface area (Å²) in [6.07, 6.45) is 2.40. The summed E-state index contributed by atoms with van der Waals surface area (Å²) < 4.78 is 0. The van der Waals surface area contributed by atoms with Gasteiger partial charge in [0, 0.05) is 12.7 Å². The topological polar surface area (TPSA) is 79.5 Å². The van der Waals surface area contributed by atoms with Crippen molar-refractivity contribution in [1.29, 1.82) is 0 Å². The van der Waals surface area contributed by atoms with Gasteiger partial charge in [0.1, 0.15) is 11.9 Å². The molecule has 0 radical (unpaired) electrons. The Morgan fingerprint density at radius 1 is 1.56 bits per heavy atom. The average molecular weight is 221 g/mol. The van der Waals surface area contributed by atoms with Crippen LogP contribution in [0, 0.1) is 0 Å². The summed E-state index contributed by atoms with van der Waals surface area (Å²) >= 11 is 0.